The van der Waals surface area contributed by atoms with E-state index in [1.54, 1.807) is 12.1 Å². The predicted molar refractivity (Wildman–Crippen MR) is 111 cm³/mol. The van der Waals surface area contributed by atoms with Gasteiger partial charge in [0.25, 0.3) is 15.9 Å². The van der Waals surface area contributed by atoms with Gasteiger partial charge in [0.15, 0.2) is 0 Å². The van der Waals surface area contributed by atoms with Crippen molar-refractivity contribution in [3.63, 3.8) is 0 Å². The summed E-state index contributed by atoms with van der Waals surface area (Å²) in [5.74, 6) is -0.237. The molecule has 27 heavy (non-hydrogen) atoms. The van der Waals surface area contributed by atoms with Gasteiger partial charge < -0.3 is 10.6 Å². The second-order valence-electron chi connectivity index (χ2n) is 6.28. The fourth-order valence-corrected chi connectivity index (χ4v) is 3.42. The van der Waals surface area contributed by atoms with E-state index in [2.05, 4.69) is 15.4 Å². The lowest BCUT2D eigenvalue weighted by atomic mass is 10.1. The van der Waals surface area contributed by atoms with Crippen LogP contribution in [0.15, 0.2) is 47.4 Å². The molecule has 1 atom stereocenters. The van der Waals surface area contributed by atoms with Gasteiger partial charge in [-0.05, 0) is 69.3 Å². The SMILES string of the molecule is CNC(C)CNC(=O)c1ccc(S(=O)(=O)Nc2cccc(C)c2C)cc1.Cl. The Kier molecular flexibility index (Phi) is 8.27. The van der Waals surface area contributed by atoms with Crippen LogP contribution in [0.3, 0.4) is 0 Å². The normalized spacial score (nSPS) is 12.0. The Morgan fingerprint density at radius 2 is 1.70 bits per heavy atom. The number of amides is 1. The number of hydrogen-bond acceptors (Lipinski definition) is 4. The van der Waals surface area contributed by atoms with Crippen LogP contribution in [-0.4, -0.2) is 34.0 Å². The minimum Gasteiger partial charge on any atom is -0.350 e. The van der Waals surface area contributed by atoms with E-state index in [0.29, 0.717) is 17.8 Å². The number of halogens is 1. The zero-order valence-corrected chi connectivity index (χ0v) is 17.5. The summed E-state index contributed by atoms with van der Waals surface area (Å²) in [7, 11) is -1.90. The largest absolute Gasteiger partial charge is 0.350 e. The number of hydrogen-bond donors (Lipinski definition) is 3. The Hall–Kier alpha value is -2.09. The van der Waals surface area contributed by atoms with E-state index in [-0.39, 0.29) is 29.3 Å². The van der Waals surface area contributed by atoms with Gasteiger partial charge in [-0.15, -0.1) is 12.4 Å². The van der Waals surface area contributed by atoms with Crippen molar-refractivity contribution in [1.29, 1.82) is 0 Å². The monoisotopic (exact) mass is 411 g/mol. The van der Waals surface area contributed by atoms with Crippen LogP contribution in [0.1, 0.15) is 28.4 Å². The molecule has 2 rings (SSSR count). The molecule has 0 aliphatic carbocycles. The zero-order valence-electron chi connectivity index (χ0n) is 15.9. The summed E-state index contributed by atoms with van der Waals surface area (Å²) in [4.78, 5) is 12.2. The molecule has 6 nitrogen and oxygen atoms in total. The molecule has 0 aliphatic rings. The average Bonchev–Trinajstić information content (AvgIpc) is 2.63. The second-order valence-corrected chi connectivity index (χ2v) is 7.96. The molecule has 0 spiro atoms. The maximum Gasteiger partial charge on any atom is 0.261 e. The summed E-state index contributed by atoms with van der Waals surface area (Å²) in [6, 6.07) is 11.5. The molecule has 0 aliphatic heterocycles. The highest BCUT2D eigenvalue weighted by Gasteiger charge is 2.16. The number of sulfonamides is 1. The third kappa shape index (κ3) is 5.95. The minimum absolute atomic E-state index is 0. The second kappa shape index (κ2) is 9.73. The van der Waals surface area contributed by atoms with Crippen molar-refractivity contribution in [2.24, 2.45) is 0 Å². The molecule has 2 aromatic carbocycles. The topological polar surface area (TPSA) is 87.3 Å². The van der Waals surface area contributed by atoms with Gasteiger partial charge in [0.1, 0.15) is 0 Å². The summed E-state index contributed by atoms with van der Waals surface area (Å²) in [5, 5.41) is 5.82. The van der Waals surface area contributed by atoms with Crippen molar-refractivity contribution in [2.45, 2.75) is 31.7 Å². The van der Waals surface area contributed by atoms with Crippen LogP contribution in [0, 0.1) is 13.8 Å². The maximum atomic E-state index is 12.6. The molecular weight excluding hydrogens is 386 g/mol. The van der Waals surface area contributed by atoms with Gasteiger partial charge in [-0.25, -0.2) is 8.42 Å². The van der Waals surface area contributed by atoms with E-state index in [1.807, 2.05) is 33.9 Å². The fourth-order valence-electron chi connectivity index (χ4n) is 2.30. The van der Waals surface area contributed by atoms with E-state index in [0.717, 1.165) is 11.1 Å². The number of carbonyl (C=O) groups excluding carboxylic acids is 1. The Bertz CT molecular complexity index is 884. The number of nitrogens with one attached hydrogen (secondary N) is 3. The van der Waals surface area contributed by atoms with Crippen LogP contribution in [0.25, 0.3) is 0 Å². The van der Waals surface area contributed by atoms with Gasteiger partial charge in [-0.1, -0.05) is 12.1 Å². The first-order valence-electron chi connectivity index (χ1n) is 8.39. The Morgan fingerprint density at radius 1 is 1.07 bits per heavy atom. The molecule has 0 saturated carbocycles. The van der Waals surface area contributed by atoms with Gasteiger partial charge in [-0.3, -0.25) is 9.52 Å². The van der Waals surface area contributed by atoms with E-state index >= 15 is 0 Å². The Balaban J connectivity index is 0.00000364. The van der Waals surface area contributed by atoms with E-state index in [4.69, 9.17) is 0 Å². The van der Waals surface area contributed by atoms with Gasteiger partial charge in [-0.2, -0.15) is 0 Å². The quantitative estimate of drug-likeness (QED) is 0.653. The smallest absolute Gasteiger partial charge is 0.261 e. The lowest BCUT2D eigenvalue weighted by Gasteiger charge is -2.13. The molecular formula is C19H26ClN3O3S. The van der Waals surface area contributed by atoms with Gasteiger partial charge >= 0.3 is 0 Å². The molecule has 0 aromatic heterocycles. The van der Waals surface area contributed by atoms with Crippen LogP contribution >= 0.6 is 12.4 Å². The highest BCUT2D eigenvalue weighted by molar-refractivity contribution is 7.92. The molecule has 2 aromatic rings. The van der Waals surface area contributed by atoms with E-state index in [9.17, 15) is 13.2 Å². The van der Waals surface area contributed by atoms with Gasteiger partial charge in [0.2, 0.25) is 0 Å². The van der Waals surface area contributed by atoms with Crippen molar-refractivity contribution < 1.29 is 13.2 Å². The molecule has 3 N–H and O–H groups in total. The number of rotatable bonds is 7. The first kappa shape index (κ1) is 23.0. The lowest BCUT2D eigenvalue weighted by molar-refractivity contribution is 0.0950. The number of aryl methyl sites for hydroxylation is 1. The first-order valence-corrected chi connectivity index (χ1v) is 9.87. The summed E-state index contributed by atoms with van der Waals surface area (Å²) in [5.41, 5.74) is 2.85. The van der Waals surface area contributed by atoms with E-state index in [1.165, 1.54) is 24.3 Å². The molecule has 0 heterocycles. The summed E-state index contributed by atoms with van der Waals surface area (Å²) in [6.07, 6.45) is 0. The third-order valence-electron chi connectivity index (χ3n) is 4.34. The molecule has 1 amide bonds. The van der Waals surface area contributed by atoms with Crippen LogP contribution < -0.4 is 15.4 Å². The highest BCUT2D eigenvalue weighted by Crippen LogP contribution is 2.22. The first-order chi connectivity index (χ1) is 12.2. The molecule has 0 radical (unpaired) electrons. The molecule has 148 valence electrons. The van der Waals surface area contributed by atoms with Gasteiger partial charge in [0, 0.05) is 18.2 Å². The molecule has 0 fully saturated rings. The van der Waals surface area contributed by atoms with Crippen molar-refractivity contribution >= 4 is 34.0 Å². The number of carbonyl (C=O) groups is 1. The van der Waals surface area contributed by atoms with Crippen molar-refractivity contribution in [3.8, 4) is 0 Å². The lowest BCUT2D eigenvalue weighted by Crippen LogP contribution is -2.37. The Morgan fingerprint density at radius 3 is 2.30 bits per heavy atom. The van der Waals surface area contributed by atoms with Crippen LogP contribution in [0.2, 0.25) is 0 Å². The summed E-state index contributed by atoms with van der Waals surface area (Å²) in [6.45, 7) is 6.24. The standard InChI is InChI=1S/C19H25N3O3S.ClH/c1-13-6-5-7-18(15(13)3)22-26(24,25)17-10-8-16(9-11-17)19(23)21-12-14(2)20-4;/h5-11,14,20,22H,12H2,1-4H3,(H,21,23);1H. The molecule has 8 heteroatoms. The molecule has 0 saturated heterocycles. The predicted octanol–water partition coefficient (Wildman–Crippen LogP) is 2.86. The molecule has 0 bridgehead atoms. The Labute approximate surface area is 167 Å². The number of likely N-dealkylation sites (N-methyl/N-ethyl adjacent to an activating group) is 1. The van der Waals surface area contributed by atoms with Gasteiger partial charge in [0.05, 0.1) is 10.6 Å². The number of anilines is 1. The maximum absolute atomic E-state index is 12.6. The molecule has 1 unspecified atom stereocenters. The van der Waals surface area contributed by atoms with Crippen molar-refractivity contribution in [1.82, 2.24) is 10.6 Å². The van der Waals surface area contributed by atoms with Crippen molar-refractivity contribution in [2.75, 3.05) is 18.3 Å². The fraction of sp³-hybridized carbons (Fsp3) is 0.316. The highest BCUT2D eigenvalue weighted by atomic mass is 35.5. The zero-order chi connectivity index (χ0) is 19.3. The summed E-state index contributed by atoms with van der Waals surface area (Å²) < 4.78 is 27.8. The third-order valence-corrected chi connectivity index (χ3v) is 5.72. The van der Waals surface area contributed by atoms with Crippen LogP contribution in [0.4, 0.5) is 5.69 Å². The number of benzene rings is 2. The average molecular weight is 412 g/mol. The van der Waals surface area contributed by atoms with Crippen LogP contribution in [0.5, 0.6) is 0 Å². The van der Waals surface area contributed by atoms with Crippen molar-refractivity contribution in [3.05, 3.63) is 59.2 Å². The van der Waals surface area contributed by atoms with Crippen LogP contribution in [-0.2, 0) is 10.0 Å². The van der Waals surface area contributed by atoms with E-state index < -0.39 is 10.0 Å². The minimum atomic E-state index is -3.72. The summed E-state index contributed by atoms with van der Waals surface area (Å²) >= 11 is 0.